The number of rotatable bonds is 5. The number of benzene rings is 1. The Hall–Kier alpha value is -3.90. The van der Waals surface area contributed by atoms with Gasteiger partial charge in [0.1, 0.15) is 11.8 Å². The van der Waals surface area contributed by atoms with Crippen LogP contribution in [0.15, 0.2) is 65.6 Å². The third-order valence-electron chi connectivity index (χ3n) is 6.28. The van der Waals surface area contributed by atoms with Crippen LogP contribution in [0.5, 0.6) is 5.75 Å². The second-order valence-electron chi connectivity index (χ2n) is 8.21. The van der Waals surface area contributed by atoms with Gasteiger partial charge >= 0.3 is 0 Å². The molecule has 3 atom stereocenters. The molecule has 0 bridgehead atoms. The monoisotopic (exact) mass is 425 g/mol. The first-order valence-corrected chi connectivity index (χ1v) is 10.4. The van der Waals surface area contributed by atoms with E-state index in [0.29, 0.717) is 11.3 Å². The van der Waals surface area contributed by atoms with Crippen LogP contribution in [0.2, 0.25) is 0 Å². The van der Waals surface area contributed by atoms with Crippen LogP contribution in [0.25, 0.3) is 5.41 Å². The van der Waals surface area contributed by atoms with E-state index in [9.17, 15) is 21.0 Å². The number of allylic oxidation sites excluding steroid dienone is 2. The Labute approximate surface area is 187 Å². The Kier molecular flexibility index (Phi) is 5.55. The lowest BCUT2D eigenvalue weighted by molar-refractivity contribution is -0.742. The Bertz CT molecular complexity index is 1210. The molecular formula is C25H23N5O2. The van der Waals surface area contributed by atoms with E-state index >= 15 is 0 Å². The summed E-state index contributed by atoms with van der Waals surface area (Å²) in [7, 11) is 1.56. The molecule has 1 saturated carbocycles. The van der Waals surface area contributed by atoms with Gasteiger partial charge in [0.05, 0.1) is 35.9 Å². The number of nitriles is 2. The molecule has 0 unspecified atom stereocenters. The first-order valence-electron chi connectivity index (χ1n) is 10.4. The molecule has 2 aromatic rings. The first kappa shape index (κ1) is 21.3. The molecule has 32 heavy (non-hydrogen) atoms. The summed E-state index contributed by atoms with van der Waals surface area (Å²) in [4.78, 5) is 0. The Morgan fingerprint density at radius 1 is 1.22 bits per heavy atom. The van der Waals surface area contributed by atoms with Gasteiger partial charge < -0.3 is 20.6 Å². The first-order chi connectivity index (χ1) is 15.5. The topological polar surface area (TPSA) is 115 Å². The number of pyridine rings is 1. The van der Waals surface area contributed by atoms with Crippen LogP contribution in [-0.4, -0.2) is 23.8 Å². The highest BCUT2D eigenvalue weighted by molar-refractivity contribution is 5.74. The Morgan fingerprint density at radius 2 is 1.91 bits per heavy atom. The number of hydrogen-bond donors (Lipinski definition) is 2. The Morgan fingerprint density at radius 3 is 2.47 bits per heavy atom. The highest BCUT2D eigenvalue weighted by Gasteiger charge is 2.61. The van der Waals surface area contributed by atoms with Crippen LogP contribution in [0.1, 0.15) is 35.9 Å². The van der Waals surface area contributed by atoms with Crippen molar-refractivity contribution in [2.75, 3.05) is 7.11 Å². The summed E-state index contributed by atoms with van der Waals surface area (Å²) >= 11 is 0. The van der Waals surface area contributed by atoms with Gasteiger partial charge in [-0.05, 0) is 31.4 Å². The van der Waals surface area contributed by atoms with Gasteiger partial charge in [0.25, 0.3) is 0 Å². The highest BCUT2D eigenvalue weighted by Crippen LogP contribution is 2.53. The molecule has 0 spiro atoms. The molecular weight excluding hydrogens is 402 g/mol. The summed E-state index contributed by atoms with van der Waals surface area (Å²) in [5.41, 5.74) is 0.379. The SMILES string of the molecule is COc1ccccc1[C@H]1C(C#N)=C(C(=C=[N-])C#N)N[C@](O)(C2CC2)[C@@H]1[n+]1ccc(C)cc1. The largest absolute Gasteiger partial charge is 0.762 e. The van der Waals surface area contributed by atoms with E-state index in [1.807, 2.05) is 66.2 Å². The van der Waals surface area contributed by atoms with E-state index in [-0.39, 0.29) is 22.8 Å². The number of nitrogens with one attached hydrogen (secondary N) is 1. The van der Waals surface area contributed by atoms with Gasteiger partial charge in [0.15, 0.2) is 12.4 Å². The molecule has 7 nitrogen and oxygen atoms in total. The van der Waals surface area contributed by atoms with Gasteiger partial charge in [-0.1, -0.05) is 18.2 Å². The average molecular weight is 425 g/mol. The fourth-order valence-corrected chi connectivity index (χ4v) is 4.58. The van der Waals surface area contributed by atoms with Gasteiger partial charge in [-0.3, -0.25) is 0 Å². The van der Waals surface area contributed by atoms with Gasteiger partial charge in [-0.2, -0.15) is 15.1 Å². The lowest BCUT2D eigenvalue weighted by Gasteiger charge is -2.43. The molecule has 2 N–H and O–H groups in total. The van der Waals surface area contributed by atoms with Crippen molar-refractivity contribution in [2.24, 2.45) is 5.92 Å². The molecule has 0 saturated heterocycles. The Balaban J connectivity index is 2.07. The van der Waals surface area contributed by atoms with Crippen LogP contribution in [0, 0.1) is 35.5 Å². The van der Waals surface area contributed by atoms with Crippen LogP contribution in [0.3, 0.4) is 0 Å². The van der Waals surface area contributed by atoms with Crippen molar-refractivity contribution >= 4 is 5.87 Å². The molecule has 4 rings (SSSR count). The van der Waals surface area contributed by atoms with E-state index in [4.69, 9.17) is 4.74 Å². The highest BCUT2D eigenvalue weighted by atomic mass is 16.5. The number of hydrogen-bond acceptors (Lipinski definition) is 5. The molecule has 0 amide bonds. The van der Waals surface area contributed by atoms with E-state index in [1.165, 1.54) is 0 Å². The standard InChI is InChI=1S/C25H23N5O2/c1-16-9-11-30(12-10-16)24-22(19-5-3-4-6-21(19)32-2)20(15-28)23(17(13-26)14-27)29-25(24,31)18-7-8-18/h3-6,9-12,18,22,24,29,31H,7-8H2,1-2H3/t22-,24+,25-/m0/s1. The fourth-order valence-electron chi connectivity index (χ4n) is 4.58. The van der Waals surface area contributed by atoms with Gasteiger partial charge in [-0.15, -0.1) is 0 Å². The smallest absolute Gasteiger partial charge is 0.217 e. The van der Waals surface area contributed by atoms with Gasteiger partial charge in [-0.25, -0.2) is 5.87 Å². The number of aryl methyl sites for hydroxylation is 1. The summed E-state index contributed by atoms with van der Waals surface area (Å²) in [5.74, 6) is 1.71. The number of aromatic nitrogens is 1. The predicted octanol–water partition coefficient (Wildman–Crippen LogP) is 2.78. The molecule has 1 aliphatic heterocycles. The van der Waals surface area contributed by atoms with Crippen molar-refractivity contribution in [2.45, 2.75) is 37.5 Å². The zero-order chi connectivity index (χ0) is 22.9. The minimum atomic E-state index is -1.47. The van der Waals surface area contributed by atoms with Crippen molar-refractivity contribution < 1.29 is 14.4 Å². The second kappa shape index (κ2) is 8.32. The van der Waals surface area contributed by atoms with Crippen LogP contribution >= 0.6 is 0 Å². The van der Waals surface area contributed by atoms with E-state index in [1.54, 1.807) is 13.2 Å². The summed E-state index contributed by atoms with van der Waals surface area (Å²) in [5, 5.41) is 44.5. The predicted molar refractivity (Wildman–Crippen MR) is 117 cm³/mol. The minimum Gasteiger partial charge on any atom is -0.762 e. The fraction of sp³-hybridized carbons (Fsp3) is 0.320. The summed E-state index contributed by atoms with van der Waals surface area (Å²) in [6, 6.07) is 14.7. The molecule has 2 heterocycles. The van der Waals surface area contributed by atoms with Crippen molar-refractivity contribution in [3.05, 3.63) is 82.2 Å². The van der Waals surface area contributed by atoms with E-state index < -0.39 is 17.7 Å². The number of nitrogens with zero attached hydrogens (tertiary/aromatic N) is 4. The van der Waals surface area contributed by atoms with E-state index in [2.05, 4.69) is 11.4 Å². The van der Waals surface area contributed by atoms with Crippen LogP contribution in [0.4, 0.5) is 0 Å². The molecule has 1 aliphatic carbocycles. The van der Waals surface area contributed by atoms with Gasteiger partial charge in [0, 0.05) is 23.6 Å². The average Bonchev–Trinajstić information content (AvgIpc) is 3.66. The third kappa shape index (κ3) is 3.44. The maximum Gasteiger partial charge on any atom is 0.217 e. The third-order valence-corrected chi connectivity index (χ3v) is 6.28. The molecule has 160 valence electrons. The minimum absolute atomic E-state index is 0.0896. The number of ether oxygens (including phenoxy) is 1. The quantitative estimate of drug-likeness (QED) is 0.434. The number of para-hydroxylation sites is 1. The zero-order valence-corrected chi connectivity index (χ0v) is 17.9. The van der Waals surface area contributed by atoms with E-state index in [0.717, 1.165) is 18.4 Å². The lowest BCUT2D eigenvalue weighted by atomic mass is 9.73. The molecule has 7 heteroatoms. The van der Waals surface area contributed by atoms with Crippen molar-refractivity contribution in [3.63, 3.8) is 0 Å². The lowest BCUT2D eigenvalue weighted by Crippen LogP contribution is -2.66. The summed E-state index contributed by atoms with van der Waals surface area (Å²) in [6.07, 6.45) is 5.37. The zero-order valence-electron chi connectivity index (χ0n) is 17.9. The second-order valence-corrected chi connectivity index (χ2v) is 8.21. The molecule has 1 fully saturated rings. The molecule has 1 aromatic carbocycles. The number of aliphatic hydroxyl groups is 1. The van der Waals surface area contributed by atoms with Crippen molar-refractivity contribution in [3.8, 4) is 17.9 Å². The summed E-state index contributed by atoms with van der Waals surface area (Å²) in [6.45, 7) is 1.98. The normalized spacial score (nSPS) is 24.5. The molecule has 0 radical (unpaired) electrons. The van der Waals surface area contributed by atoms with Crippen LogP contribution < -0.4 is 14.6 Å². The van der Waals surface area contributed by atoms with Crippen molar-refractivity contribution in [1.82, 2.24) is 5.32 Å². The number of methoxy groups -OCH3 is 1. The maximum absolute atomic E-state index is 12.1. The molecule has 1 aromatic heterocycles. The molecule has 2 aliphatic rings. The summed E-state index contributed by atoms with van der Waals surface area (Å²) < 4.78 is 7.51. The maximum atomic E-state index is 12.1. The van der Waals surface area contributed by atoms with Crippen molar-refractivity contribution in [1.29, 1.82) is 10.5 Å². The van der Waals surface area contributed by atoms with Gasteiger partial charge in [0.2, 0.25) is 11.8 Å². The van der Waals surface area contributed by atoms with Crippen LogP contribution in [-0.2, 0) is 0 Å².